The van der Waals surface area contributed by atoms with Gasteiger partial charge in [-0.1, -0.05) is 67.8 Å². The first-order valence-corrected chi connectivity index (χ1v) is 12.3. The van der Waals surface area contributed by atoms with Crippen LogP contribution < -0.4 is 0 Å². The molecule has 4 atom stereocenters. The van der Waals surface area contributed by atoms with Gasteiger partial charge in [0.1, 0.15) is 0 Å². The van der Waals surface area contributed by atoms with Crippen molar-refractivity contribution in [2.45, 2.75) is 57.2 Å². The van der Waals surface area contributed by atoms with E-state index in [-0.39, 0.29) is 38.2 Å². The van der Waals surface area contributed by atoms with E-state index in [2.05, 4.69) is 54.6 Å². The summed E-state index contributed by atoms with van der Waals surface area (Å²) in [6.07, 6.45) is 7.31. The molecule has 4 aromatic rings. The second-order valence-electron chi connectivity index (χ2n) is 9.52. The molecule has 3 nitrogen and oxygen atoms in total. The van der Waals surface area contributed by atoms with E-state index in [1.165, 1.54) is 35.4 Å². The third kappa shape index (κ3) is 5.42. The summed E-state index contributed by atoms with van der Waals surface area (Å²) in [5.74, 6) is 0.789. The molecule has 4 heteroatoms. The number of aromatic nitrogens is 1. The molecule has 3 aromatic carbocycles. The van der Waals surface area contributed by atoms with Crippen LogP contribution in [0.15, 0.2) is 72.8 Å². The Kier molecular flexibility index (Phi) is 8.50. The number of aliphatic hydroxyl groups excluding tert-OH is 2. The second-order valence-corrected chi connectivity index (χ2v) is 9.52. The minimum absolute atomic E-state index is 0. The second kappa shape index (κ2) is 11.6. The van der Waals surface area contributed by atoms with Crippen molar-refractivity contribution in [2.24, 2.45) is 11.8 Å². The van der Waals surface area contributed by atoms with Gasteiger partial charge in [0.25, 0.3) is 0 Å². The molecule has 0 amide bonds. The molecule has 2 N–H and O–H groups in total. The summed E-state index contributed by atoms with van der Waals surface area (Å²) in [7, 11) is 0. The van der Waals surface area contributed by atoms with Gasteiger partial charge in [0.15, 0.2) is 0 Å². The van der Waals surface area contributed by atoms with Crippen LogP contribution in [0.4, 0.5) is 0 Å². The van der Waals surface area contributed by atoms with Crippen molar-refractivity contribution in [1.82, 2.24) is 4.98 Å². The van der Waals surface area contributed by atoms with E-state index >= 15 is 0 Å². The van der Waals surface area contributed by atoms with Crippen molar-refractivity contribution in [3.05, 3.63) is 78.9 Å². The normalized spacial score (nSPS) is 24.3. The van der Waals surface area contributed by atoms with Crippen molar-refractivity contribution >= 4 is 21.7 Å². The van der Waals surface area contributed by atoms with Crippen LogP contribution in [-0.2, 0) is 20.1 Å². The molecule has 1 radical (unpaired) electrons. The van der Waals surface area contributed by atoms with E-state index in [4.69, 9.17) is 4.98 Å². The summed E-state index contributed by atoms with van der Waals surface area (Å²) in [5, 5.41) is 23.3. The zero-order chi connectivity index (χ0) is 22.6. The summed E-state index contributed by atoms with van der Waals surface area (Å²) < 4.78 is 0. The number of benzene rings is 3. The first-order chi connectivity index (χ1) is 16.2. The summed E-state index contributed by atoms with van der Waals surface area (Å²) in [6, 6.07) is 28.0. The molecular weight excluding hydrogens is 599 g/mol. The predicted octanol–water partition coefficient (Wildman–Crippen LogP) is 6.55. The zero-order valence-corrected chi connectivity index (χ0v) is 21.8. The van der Waals surface area contributed by atoms with Crippen molar-refractivity contribution < 1.29 is 30.3 Å². The van der Waals surface area contributed by atoms with Crippen molar-refractivity contribution in [1.29, 1.82) is 0 Å². The van der Waals surface area contributed by atoms with Crippen LogP contribution in [0.1, 0.15) is 44.9 Å². The minimum atomic E-state index is -0.234. The largest absolute Gasteiger partial charge is 0.393 e. The Labute approximate surface area is 215 Å². The van der Waals surface area contributed by atoms with E-state index in [9.17, 15) is 10.2 Å². The summed E-state index contributed by atoms with van der Waals surface area (Å²) >= 11 is 0. The topological polar surface area (TPSA) is 53.4 Å². The number of pyridine rings is 1. The molecule has 2 saturated carbocycles. The van der Waals surface area contributed by atoms with Crippen molar-refractivity contribution in [3.63, 3.8) is 0 Å². The Morgan fingerprint density at radius 1 is 0.706 bits per heavy atom. The van der Waals surface area contributed by atoms with Gasteiger partial charge >= 0.3 is 0 Å². The number of aliphatic hydroxyl groups is 2. The average Bonchev–Trinajstić information content (AvgIpc) is 3.06. The zero-order valence-electron chi connectivity index (χ0n) is 19.4. The van der Waals surface area contributed by atoms with Crippen molar-refractivity contribution in [3.8, 4) is 11.3 Å². The first-order valence-electron chi connectivity index (χ1n) is 12.3. The van der Waals surface area contributed by atoms with Gasteiger partial charge in [0.05, 0.1) is 17.7 Å². The van der Waals surface area contributed by atoms with Crippen molar-refractivity contribution in [2.75, 3.05) is 0 Å². The number of fused-ring (bicyclic) bond motifs is 4. The summed E-state index contributed by atoms with van der Waals surface area (Å²) in [5.41, 5.74) is 3.05. The molecule has 34 heavy (non-hydrogen) atoms. The van der Waals surface area contributed by atoms with Crippen LogP contribution in [-0.4, -0.2) is 27.4 Å². The van der Waals surface area contributed by atoms with Gasteiger partial charge in [-0.05, 0) is 48.1 Å². The van der Waals surface area contributed by atoms with Crippen LogP contribution in [0.25, 0.3) is 32.9 Å². The standard InChI is InChI=1S/C19H12N.C11H20O2.Ir/c1-2-7-15(8-3-1)18-13-12-16-11-10-14-6-4-5-9-17(14)19(16)20-18;12-9-6-2-1-4-8-5-3-7-10(13)11(8)9;/h1-7,9-13H;8-13H,1-7H2;/q-1;;. The van der Waals surface area contributed by atoms with E-state index in [1.807, 2.05) is 24.3 Å². The third-order valence-corrected chi connectivity index (χ3v) is 7.40. The predicted molar refractivity (Wildman–Crippen MR) is 135 cm³/mol. The first kappa shape index (κ1) is 25.0. The minimum Gasteiger partial charge on any atom is -0.393 e. The smallest absolute Gasteiger partial charge is 0.0673 e. The molecule has 0 aliphatic heterocycles. The molecular formula is C30H32IrNO2-. The monoisotopic (exact) mass is 631 g/mol. The third-order valence-electron chi connectivity index (χ3n) is 7.40. The number of hydrogen-bond acceptors (Lipinski definition) is 3. The van der Waals surface area contributed by atoms with Crippen LogP contribution >= 0.6 is 0 Å². The Bertz CT molecular complexity index is 1210. The van der Waals surface area contributed by atoms with Gasteiger partial charge in [0, 0.05) is 31.4 Å². The fourth-order valence-electron chi connectivity index (χ4n) is 5.71. The van der Waals surface area contributed by atoms with Gasteiger partial charge in [0.2, 0.25) is 0 Å². The molecule has 2 aliphatic carbocycles. The van der Waals surface area contributed by atoms with Gasteiger partial charge in [-0.25, -0.2) is 0 Å². The van der Waals surface area contributed by atoms with E-state index < -0.39 is 0 Å². The van der Waals surface area contributed by atoms with Gasteiger partial charge in [-0.2, -0.15) is 0 Å². The maximum Gasteiger partial charge on any atom is 0.0673 e. The average molecular weight is 631 g/mol. The van der Waals surface area contributed by atoms with Gasteiger partial charge in [-0.15, -0.1) is 35.9 Å². The van der Waals surface area contributed by atoms with Gasteiger partial charge in [-0.3, -0.25) is 4.98 Å². The molecule has 4 unspecified atom stereocenters. The maximum atomic E-state index is 9.89. The SMILES string of the molecule is OC1CCCCC2CCCC(O)C12.[Ir].[c-]1ccccc1-c1ccc2ccc3ccccc3c2n1. The Balaban J connectivity index is 0.000000171. The van der Waals surface area contributed by atoms with Crippen LogP contribution in [0.2, 0.25) is 0 Å². The molecule has 1 heterocycles. The maximum absolute atomic E-state index is 9.89. The molecule has 179 valence electrons. The molecule has 0 bridgehead atoms. The number of hydrogen-bond donors (Lipinski definition) is 2. The fraction of sp³-hybridized carbons (Fsp3) is 0.367. The summed E-state index contributed by atoms with van der Waals surface area (Å²) in [6.45, 7) is 0. The number of nitrogens with zero attached hydrogens (tertiary/aromatic N) is 1. The molecule has 1 aromatic heterocycles. The number of rotatable bonds is 1. The van der Waals surface area contributed by atoms with Crippen LogP contribution in [0.5, 0.6) is 0 Å². The molecule has 0 spiro atoms. The van der Waals surface area contributed by atoms with E-state index in [0.717, 1.165) is 42.5 Å². The Morgan fingerprint density at radius 2 is 1.38 bits per heavy atom. The van der Waals surface area contributed by atoms with E-state index in [1.54, 1.807) is 0 Å². The Morgan fingerprint density at radius 3 is 2.21 bits per heavy atom. The molecule has 2 aliphatic rings. The molecule has 0 saturated heterocycles. The molecule has 2 fully saturated rings. The van der Waals surface area contributed by atoms with Crippen LogP contribution in [0.3, 0.4) is 0 Å². The van der Waals surface area contributed by atoms with Gasteiger partial charge < -0.3 is 10.2 Å². The Hall–Kier alpha value is -2.10. The van der Waals surface area contributed by atoms with Crippen LogP contribution in [0, 0.1) is 17.9 Å². The van der Waals surface area contributed by atoms with E-state index in [0.29, 0.717) is 5.92 Å². The quantitative estimate of drug-likeness (QED) is 0.185. The summed E-state index contributed by atoms with van der Waals surface area (Å²) in [4.78, 5) is 4.84. The molecule has 6 rings (SSSR count). The fourth-order valence-corrected chi connectivity index (χ4v) is 5.71.